The molecule has 3 heterocycles. The molecule has 0 bridgehead atoms. The maximum atomic E-state index is 13.0. The number of nitrogens with one attached hydrogen (secondary N) is 1. The lowest BCUT2D eigenvalue weighted by Crippen LogP contribution is -2.43. The lowest BCUT2D eigenvalue weighted by atomic mass is 10.1. The monoisotopic (exact) mass is 499 g/mol. The smallest absolute Gasteiger partial charge is 0.252 e. The van der Waals surface area contributed by atoms with Crippen LogP contribution in [-0.2, 0) is 19.5 Å². The molecule has 2 fully saturated rings. The van der Waals surface area contributed by atoms with Crippen LogP contribution in [0.3, 0.4) is 0 Å². The summed E-state index contributed by atoms with van der Waals surface area (Å²) >= 11 is 7.92. The van der Waals surface area contributed by atoms with E-state index in [9.17, 15) is 13.2 Å². The third-order valence-electron chi connectivity index (χ3n) is 5.60. The largest absolute Gasteiger partial charge is 0.379 e. The van der Waals surface area contributed by atoms with Crippen LogP contribution < -0.4 is 5.32 Å². The molecule has 8 nitrogen and oxygen atoms in total. The van der Waals surface area contributed by atoms with Crippen LogP contribution in [0.15, 0.2) is 40.6 Å². The molecule has 2 aliphatic rings. The van der Waals surface area contributed by atoms with Gasteiger partial charge in [-0.05, 0) is 29.6 Å². The topological polar surface area (TPSA) is 88.2 Å². The summed E-state index contributed by atoms with van der Waals surface area (Å²) in [4.78, 5) is 16.5. The van der Waals surface area contributed by atoms with Crippen molar-refractivity contribution in [1.29, 1.82) is 0 Å². The van der Waals surface area contributed by atoms with Crippen LogP contribution in [0.5, 0.6) is 0 Å². The van der Waals surface area contributed by atoms with Gasteiger partial charge in [0.1, 0.15) is 0 Å². The number of morpholine rings is 2. The van der Waals surface area contributed by atoms with Crippen molar-refractivity contribution in [3.63, 3.8) is 0 Å². The molecule has 1 atom stereocenters. The summed E-state index contributed by atoms with van der Waals surface area (Å²) in [6, 6.07) is 8.32. The molecule has 174 valence electrons. The van der Waals surface area contributed by atoms with Crippen molar-refractivity contribution >= 4 is 38.9 Å². The van der Waals surface area contributed by atoms with Crippen LogP contribution in [-0.4, -0.2) is 82.7 Å². The minimum atomic E-state index is -3.72. The standard InChI is InChI=1S/C21H26ClN3O5S2/c22-18-4-3-16(32(27,28)25-7-11-30-12-8-25)14-17(18)21(26)23-15-19(20-2-1-13-31-20)24-5-9-29-10-6-24/h1-4,13-14,19H,5-12,15H2,(H,23,26)/t19-/m1/s1. The second-order valence-electron chi connectivity index (χ2n) is 7.55. The molecule has 2 aliphatic heterocycles. The Morgan fingerprint density at radius 3 is 2.44 bits per heavy atom. The highest BCUT2D eigenvalue weighted by Crippen LogP contribution is 2.27. The van der Waals surface area contributed by atoms with Gasteiger partial charge in [-0.2, -0.15) is 4.31 Å². The molecule has 0 spiro atoms. The third-order valence-corrected chi connectivity index (χ3v) is 8.80. The Balaban J connectivity index is 1.50. The van der Waals surface area contributed by atoms with Gasteiger partial charge in [-0.1, -0.05) is 17.7 Å². The Bertz CT molecular complexity index is 1020. The van der Waals surface area contributed by atoms with E-state index in [1.54, 1.807) is 11.3 Å². The Morgan fingerprint density at radius 1 is 1.09 bits per heavy atom. The zero-order valence-electron chi connectivity index (χ0n) is 17.5. The van der Waals surface area contributed by atoms with E-state index in [0.29, 0.717) is 33.0 Å². The second-order valence-corrected chi connectivity index (χ2v) is 10.9. The quantitative estimate of drug-likeness (QED) is 0.628. The molecule has 11 heteroatoms. The minimum absolute atomic E-state index is 0.0156. The van der Waals surface area contributed by atoms with Crippen molar-refractivity contribution in [3.8, 4) is 0 Å². The molecule has 32 heavy (non-hydrogen) atoms. The van der Waals surface area contributed by atoms with Crippen molar-refractivity contribution < 1.29 is 22.7 Å². The maximum Gasteiger partial charge on any atom is 0.252 e. The predicted molar refractivity (Wildman–Crippen MR) is 123 cm³/mol. The summed E-state index contributed by atoms with van der Waals surface area (Å²) in [5.41, 5.74) is 0.146. The Hall–Kier alpha value is -1.53. The number of carbonyl (C=O) groups is 1. The van der Waals surface area contributed by atoms with E-state index in [0.717, 1.165) is 18.0 Å². The van der Waals surface area contributed by atoms with Gasteiger partial charge in [0.25, 0.3) is 5.91 Å². The minimum Gasteiger partial charge on any atom is -0.379 e. The van der Waals surface area contributed by atoms with Gasteiger partial charge in [-0.25, -0.2) is 8.42 Å². The van der Waals surface area contributed by atoms with Gasteiger partial charge in [-0.3, -0.25) is 9.69 Å². The molecular weight excluding hydrogens is 474 g/mol. The number of carbonyl (C=O) groups excluding carboxylic acids is 1. The summed E-state index contributed by atoms with van der Waals surface area (Å²) in [6.45, 7) is 4.54. The average Bonchev–Trinajstić information content (AvgIpc) is 3.35. The van der Waals surface area contributed by atoms with E-state index in [4.69, 9.17) is 21.1 Å². The first-order valence-corrected chi connectivity index (χ1v) is 13.2. The molecule has 2 aromatic rings. The summed E-state index contributed by atoms with van der Waals surface area (Å²) in [5, 5.41) is 5.18. The van der Waals surface area contributed by atoms with Crippen molar-refractivity contribution in [2.24, 2.45) is 0 Å². The van der Waals surface area contributed by atoms with Gasteiger partial charge in [0.05, 0.1) is 48.0 Å². The third kappa shape index (κ3) is 5.33. The predicted octanol–water partition coefficient (Wildman–Crippen LogP) is 2.23. The highest BCUT2D eigenvalue weighted by atomic mass is 35.5. The van der Waals surface area contributed by atoms with Crippen molar-refractivity contribution in [2.75, 3.05) is 59.2 Å². The second kappa shape index (κ2) is 10.6. The van der Waals surface area contributed by atoms with E-state index < -0.39 is 15.9 Å². The first-order valence-electron chi connectivity index (χ1n) is 10.5. The maximum absolute atomic E-state index is 13.0. The number of ether oxygens (including phenoxy) is 2. The number of nitrogens with zero attached hydrogens (tertiary/aromatic N) is 2. The molecule has 4 rings (SSSR count). The molecule has 1 aromatic carbocycles. The van der Waals surface area contributed by atoms with Crippen molar-refractivity contribution in [2.45, 2.75) is 10.9 Å². The Morgan fingerprint density at radius 2 is 1.78 bits per heavy atom. The van der Waals surface area contributed by atoms with E-state index in [-0.39, 0.29) is 34.6 Å². The lowest BCUT2D eigenvalue weighted by molar-refractivity contribution is 0.0169. The van der Waals surface area contributed by atoms with Crippen molar-refractivity contribution in [1.82, 2.24) is 14.5 Å². The zero-order chi connectivity index (χ0) is 22.6. The number of hydrogen-bond acceptors (Lipinski definition) is 7. The lowest BCUT2D eigenvalue weighted by Gasteiger charge is -2.34. The number of sulfonamides is 1. The number of hydrogen-bond donors (Lipinski definition) is 1. The summed E-state index contributed by atoms with van der Waals surface area (Å²) in [7, 11) is -3.72. The first kappa shape index (κ1) is 23.6. The van der Waals surface area contributed by atoms with Gasteiger partial charge in [0.15, 0.2) is 0 Å². The molecule has 0 aliphatic carbocycles. The number of thiophene rings is 1. The van der Waals surface area contributed by atoms with E-state index in [1.165, 1.54) is 22.5 Å². The number of benzene rings is 1. The highest BCUT2D eigenvalue weighted by Gasteiger charge is 2.28. The SMILES string of the molecule is O=C(NC[C@H](c1cccs1)N1CCOCC1)c1cc(S(=O)(=O)N2CCOCC2)ccc1Cl. The van der Waals surface area contributed by atoms with Crippen molar-refractivity contribution in [3.05, 3.63) is 51.2 Å². The van der Waals surface area contributed by atoms with Crippen LogP contribution in [0, 0.1) is 0 Å². The van der Waals surface area contributed by atoms with Gasteiger partial charge in [0, 0.05) is 37.6 Å². The number of rotatable bonds is 7. The summed E-state index contributed by atoms with van der Waals surface area (Å²) < 4.78 is 38.0. The summed E-state index contributed by atoms with van der Waals surface area (Å²) in [5.74, 6) is -0.399. The van der Waals surface area contributed by atoms with Crippen LogP contribution in [0.4, 0.5) is 0 Å². The Labute approximate surface area is 197 Å². The molecule has 0 saturated carbocycles. The van der Waals surface area contributed by atoms with E-state index in [2.05, 4.69) is 16.3 Å². The molecule has 1 N–H and O–H groups in total. The van der Waals surface area contributed by atoms with Crippen LogP contribution >= 0.6 is 22.9 Å². The fourth-order valence-corrected chi connectivity index (χ4v) is 6.34. The van der Waals surface area contributed by atoms with Crippen LogP contribution in [0.1, 0.15) is 21.3 Å². The first-order chi connectivity index (χ1) is 15.5. The number of halogens is 1. The zero-order valence-corrected chi connectivity index (χ0v) is 19.9. The normalized spacial score (nSPS) is 19.5. The summed E-state index contributed by atoms with van der Waals surface area (Å²) in [6.07, 6.45) is 0. The fraction of sp³-hybridized carbons (Fsp3) is 0.476. The molecule has 0 radical (unpaired) electrons. The fourth-order valence-electron chi connectivity index (χ4n) is 3.84. The van der Waals surface area contributed by atoms with Crippen LogP contribution in [0.25, 0.3) is 0 Å². The average molecular weight is 500 g/mol. The van der Waals surface area contributed by atoms with E-state index in [1.807, 2.05) is 11.4 Å². The van der Waals surface area contributed by atoms with E-state index >= 15 is 0 Å². The highest BCUT2D eigenvalue weighted by molar-refractivity contribution is 7.89. The van der Waals surface area contributed by atoms with Gasteiger partial charge < -0.3 is 14.8 Å². The van der Waals surface area contributed by atoms with Gasteiger partial charge in [0.2, 0.25) is 10.0 Å². The van der Waals surface area contributed by atoms with Gasteiger partial charge >= 0.3 is 0 Å². The van der Waals surface area contributed by atoms with Crippen LogP contribution in [0.2, 0.25) is 5.02 Å². The molecule has 2 saturated heterocycles. The molecular formula is C21H26ClN3O5S2. The Kier molecular flexibility index (Phi) is 7.83. The molecule has 0 unspecified atom stereocenters. The molecule has 1 aromatic heterocycles. The number of amides is 1. The molecule has 1 amide bonds. The van der Waals surface area contributed by atoms with Gasteiger partial charge in [-0.15, -0.1) is 11.3 Å².